The molecule has 0 bridgehead atoms. The number of halogens is 1. The van der Waals surface area contributed by atoms with E-state index in [4.69, 9.17) is 16.7 Å². The molecule has 2 aromatic heterocycles. The van der Waals surface area contributed by atoms with Crippen LogP contribution in [0.15, 0.2) is 18.3 Å². The van der Waals surface area contributed by atoms with Crippen molar-refractivity contribution in [3.63, 3.8) is 0 Å². The summed E-state index contributed by atoms with van der Waals surface area (Å²) in [4.78, 5) is 14.9. The SMILES string of the molecule is Cn1c(C(=O)O)cc2c(Cl)ccnc21. The van der Waals surface area contributed by atoms with Gasteiger partial charge in [-0.2, -0.15) is 0 Å². The minimum atomic E-state index is -0.985. The molecule has 2 aromatic rings. The van der Waals surface area contributed by atoms with Crippen molar-refractivity contribution in [3.8, 4) is 0 Å². The second kappa shape index (κ2) is 2.99. The summed E-state index contributed by atoms with van der Waals surface area (Å²) in [6.07, 6.45) is 1.55. The molecule has 0 fully saturated rings. The maximum absolute atomic E-state index is 10.8. The van der Waals surface area contributed by atoms with Crippen LogP contribution in [0.2, 0.25) is 5.02 Å². The molecule has 2 rings (SSSR count). The second-order valence-electron chi connectivity index (χ2n) is 2.92. The van der Waals surface area contributed by atoms with Crippen LogP contribution in [0.5, 0.6) is 0 Å². The summed E-state index contributed by atoms with van der Waals surface area (Å²) >= 11 is 5.90. The first-order valence-electron chi connectivity index (χ1n) is 3.94. The third-order valence-electron chi connectivity index (χ3n) is 2.10. The fourth-order valence-corrected chi connectivity index (χ4v) is 1.59. The van der Waals surface area contributed by atoms with Crippen LogP contribution in [0.4, 0.5) is 0 Å². The van der Waals surface area contributed by atoms with Gasteiger partial charge in [-0.1, -0.05) is 11.6 Å². The Labute approximate surface area is 84.7 Å². The van der Waals surface area contributed by atoms with Gasteiger partial charge in [0, 0.05) is 18.6 Å². The van der Waals surface area contributed by atoms with Crippen molar-refractivity contribution in [2.75, 3.05) is 0 Å². The van der Waals surface area contributed by atoms with Gasteiger partial charge in [0.25, 0.3) is 0 Å². The summed E-state index contributed by atoms with van der Waals surface area (Å²) in [6, 6.07) is 3.16. The van der Waals surface area contributed by atoms with Gasteiger partial charge in [-0.15, -0.1) is 0 Å². The number of carbonyl (C=O) groups is 1. The fraction of sp³-hybridized carbons (Fsp3) is 0.111. The molecule has 0 saturated carbocycles. The Kier molecular flexibility index (Phi) is 1.93. The highest BCUT2D eigenvalue weighted by Crippen LogP contribution is 2.24. The van der Waals surface area contributed by atoms with Gasteiger partial charge in [-0.3, -0.25) is 0 Å². The lowest BCUT2D eigenvalue weighted by molar-refractivity contribution is 0.0687. The normalized spacial score (nSPS) is 10.7. The molecule has 0 atom stereocenters. The molecule has 0 unspecified atom stereocenters. The Morgan fingerprint density at radius 2 is 2.36 bits per heavy atom. The van der Waals surface area contributed by atoms with E-state index >= 15 is 0 Å². The van der Waals surface area contributed by atoms with E-state index in [2.05, 4.69) is 4.98 Å². The van der Waals surface area contributed by atoms with Gasteiger partial charge >= 0.3 is 5.97 Å². The summed E-state index contributed by atoms with van der Waals surface area (Å²) in [5, 5.41) is 10.0. The highest BCUT2D eigenvalue weighted by molar-refractivity contribution is 6.35. The first kappa shape index (κ1) is 9.02. The highest BCUT2D eigenvalue weighted by atomic mass is 35.5. The number of aryl methyl sites for hydroxylation is 1. The smallest absolute Gasteiger partial charge is 0.352 e. The van der Waals surface area contributed by atoms with Crippen LogP contribution in [0.1, 0.15) is 10.5 Å². The Morgan fingerprint density at radius 1 is 1.64 bits per heavy atom. The Balaban J connectivity index is 2.86. The maximum Gasteiger partial charge on any atom is 0.352 e. The topological polar surface area (TPSA) is 55.1 Å². The van der Waals surface area contributed by atoms with E-state index in [1.165, 1.54) is 10.6 Å². The van der Waals surface area contributed by atoms with Gasteiger partial charge in [-0.25, -0.2) is 9.78 Å². The summed E-state index contributed by atoms with van der Waals surface area (Å²) in [6.45, 7) is 0. The molecule has 0 aliphatic carbocycles. The molecule has 5 heteroatoms. The van der Waals surface area contributed by atoms with Crippen molar-refractivity contribution < 1.29 is 9.90 Å². The molecule has 2 heterocycles. The van der Waals surface area contributed by atoms with Gasteiger partial charge < -0.3 is 9.67 Å². The van der Waals surface area contributed by atoms with Crippen molar-refractivity contribution in [2.24, 2.45) is 7.05 Å². The second-order valence-corrected chi connectivity index (χ2v) is 3.33. The minimum absolute atomic E-state index is 0.181. The summed E-state index contributed by atoms with van der Waals surface area (Å²) in [7, 11) is 1.65. The van der Waals surface area contributed by atoms with Gasteiger partial charge in [0.1, 0.15) is 11.3 Å². The maximum atomic E-state index is 10.8. The van der Waals surface area contributed by atoms with Crippen LogP contribution in [-0.4, -0.2) is 20.6 Å². The van der Waals surface area contributed by atoms with Crippen molar-refractivity contribution in [1.29, 1.82) is 0 Å². The third-order valence-corrected chi connectivity index (χ3v) is 2.42. The number of pyridine rings is 1. The molecule has 4 nitrogen and oxygen atoms in total. The van der Waals surface area contributed by atoms with Crippen LogP contribution in [0.3, 0.4) is 0 Å². The Morgan fingerprint density at radius 3 is 2.93 bits per heavy atom. The van der Waals surface area contributed by atoms with E-state index in [9.17, 15) is 4.79 Å². The van der Waals surface area contributed by atoms with E-state index in [1.54, 1.807) is 19.3 Å². The quantitative estimate of drug-likeness (QED) is 0.783. The zero-order valence-electron chi connectivity index (χ0n) is 7.36. The molecule has 0 radical (unpaired) electrons. The number of aromatic nitrogens is 2. The summed E-state index contributed by atoms with van der Waals surface area (Å²) < 4.78 is 1.50. The average Bonchev–Trinajstić information content (AvgIpc) is 2.46. The summed E-state index contributed by atoms with van der Waals surface area (Å²) in [5.74, 6) is -0.985. The number of hydrogen-bond donors (Lipinski definition) is 1. The first-order valence-corrected chi connectivity index (χ1v) is 4.32. The lowest BCUT2D eigenvalue weighted by atomic mass is 10.3. The number of carboxylic acid groups (broad SMARTS) is 1. The van der Waals surface area contributed by atoms with Crippen LogP contribution in [0.25, 0.3) is 11.0 Å². The van der Waals surface area contributed by atoms with Gasteiger partial charge in [-0.05, 0) is 12.1 Å². The van der Waals surface area contributed by atoms with Crippen LogP contribution in [-0.2, 0) is 7.05 Å². The molecule has 14 heavy (non-hydrogen) atoms. The van der Waals surface area contributed by atoms with E-state index in [0.717, 1.165) is 0 Å². The molecule has 0 aliphatic rings. The number of aromatic carboxylic acids is 1. The Hall–Kier alpha value is -1.55. The van der Waals surface area contributed by atoms with Gasteiger partial charge in [0.2, 0.25) is 0 Å². The van der Waals surface area contributed by atoms with Crippen LogP contribution >= 0.6 is 11.6 Å². The Bertz CT molecular complexity index is 519. The van der Waals surface area contributed by atoms with E-state index < -0.39 is 5.97 Å². The molecular formula is C9H7ClN2O2. The number of rotatable bonds is 1. The van der Waals surface area contributed by atoms with Gasteiger partial charge in [0.15, 0.2) is 0 Å². The van der Waals surface area contributed by atoms with E-state index in [-0.39, 0.29) is 5.69 Å². The lowest BCUT2D eigenvalue weighted by Gasteiger charge is -1.97. The van der Waals surface area contributed by atoms with E-state index in [1.807, 2.05) is 0 Å². The lowest BCUT2D eigenvalue weighted by Crippen LogP contribution is -2.03. The van der Waals surface area contributed by atoms with Crippen molar-refractivity contribution in [3.05, 3.63) is 29.0 Å². The number of carboxylic acids is 1. The van der Waals surface area contributed by atoms with E-state index in [0.29, 0.717) is 16.1 Å². The molecule has 0 spiro atoms. The van der Waals surface area contributed by atoms with Crippen molar-refractivity contribution in [1.82, 2.24) is 9.55 Å². The molecule has 0 aliphatic heterocycles. The zero-order chi connectivity index (χ0) is 10.3. The van der Waals surface area contributed by atoms with Crippen molar-refractivity contribution >= 4 is 28.6 Å². The molecule has 1 N–H and O–H groups in total. The average molecular weight is 211 g/mol. The predicted octanol–water partition coefficient (Wildman–Crippen LogP) is 1.92. The van der Waals surface area contributed by atoms with Gasteiger partial charge in [0.05, 0.1) is 5.02 Å². The summed E-state index contributed by atoms with van der Waals surface area (Å²) in [5.41, 5.74) is 0.760. The monoisotopic (exact) mass is 210 g/mol. The zero-order valence-corrected chi connectivity index (χ0v) is 8.12. The van der Waals surface area contributed by atoms with Crippen LogP contribution in [0, 0.1) is 0 Å². The standard InChI is InChI=1S/C9H7ClN2O2/c1-12-7(9(13)14)4-5-6(10)2-3-11-8(5)12/h2-4H,1H3,(H,13,14). The third kappa shape index (κ3) is 1.15. The number of fused-ring (bicyclic) bond motifs is 1. The number of hydrogen-bond acceptors (Lipinski definition) is 2. The van der Waals surface area contributed by atoms with Crippen molar-refractivity contribution in [2.45, 2.75) is 0 Å². The highest BCUT2D eigenvalue weighted by Gasteiger charge is 2.13. The molecule has 0 saturated heterocycles. The largest absolute Gasteiger partial charge is 0.477 e. The predicted molar refractivity (Wildman–Crippen MR) is 52.7 cm³/mol. The van der Waals surface area contributed by atoms with Crippen LogP contribution < -0.4 is 0 Å². The fourth-order valence-electron chi connectivity index (χ4n) is 1.39. The number of nitrogens with zero attached hydrogens (tertiary/aromatic N) is 2. The first-order chi connectivity index (χ1) is 6.61. The molecule has 0 amide bonds. The molecule has 0 aromatic carbocycles. The molecule has 72 valence electrons. The minimum Gasteiger partial charge on any atom is -0.477 e. The molecular weight excluding hydrogens is 204 g/mol.